The van der Waals surface area contributed by atoms with Gasteiger partial charge in [0.05, 0.1) is 10.0 Å². The maximum atomic E-state index is 13.2. The van der Waals surface area contributed by atoms with Gasteiger partial charge in [-0.15, -0.1) is 0 Å². The Hall–Kier alpha value is -1.33. The highest BCUT2D eigenvalue weighted by Crippen LogP contribution is 2.25. The van der Waals surface area contributed by atoms with E-state index in [0.717, 1.165) is 5.56 Å². The fourth-order valence-corrected chi connectivity index (χ4v) is 2.53. The first-order chi connectivity index (χ1) is 9.88. The summed E-state index contributed by atoms with van der Waals surface area (Å²) in [5.41, 5.74) is 0.892. The van der Waals surface area contributed by atoms with Gasteiger partial charge in [-0.25, -0.2) is 9.18 Å². The second-order valence-corrected chi connectivity index (χ2v) is 5.86. The van der Waals surface area contributed by atoms with Crippen LogP contribution in [0.5, 0.6) is 0 Å². The molecule has 0 spiro atoms. The molecule has 1 saturated heterocycles. The zero-order valence-electron chi connectivity index (χ0n) is 11.1. The molecule has 0 bridgehead atoms. The van der Waals surface area contributed by atoms with Gasteiger partial charge >= 0.3 is 5.97 Å². The van der Waals surface area contributed by atoms with Crippen LogP contribution in [0.1, 0.15) is 12.0 Å². The fraction of sp³-hybridized carbons (Fsp3) is 0.429. The lowest BCUT2D eigenvalue weighted by molar-refractivity contribution is -0.152. The van der Waals surface area contributed by atoms with Crippen molar-refractivity contribution in [2.24, 2.45) is 5.92 Å². The Labute approximate surface area is 131 Å². The normalized spacial score (nSPS) is 16.4. The molecule has 7 heteroatoms. The maximum absolute atomic E-state index is 13.2. The number of carboxylic acid groups (broad SMARTS) is 1. The van der Waals surface area contributed by atoms with Gasteiger partial charge in [0.15, 0.2) is 0 Å². The highest BCUT2D eigenvalue weighted by molar-refractivity contribution is 6.42. The number of benzene rings is 1. The summed E-state index contributed by atoms with van der Waals surface area (Å²) in [5, 5.41) is 9.44. The summed E-state index contributed by atoms with van der Waals surface area (Å²) >= 11 is 11.7. The first kappa shape index (κ1) is 16.0. The van der Waals surface area contributed by atoms with Gasteiger partial charge in [-0.3, -0.25) is 4.79 Å². The van der Waals surface area contributed by atoms with Crippen LogP contribution in [0.15, 0.2) is 18.2 Å². The van der Waals surface area contributed by atoms with Crippen LogP contribution in [-0.2, 0) is 16.0 Å². The third-order valence-electron chi connectivity index (χ3n) is 3.52. The van der Waals surface area contributed by atoms with Crippen LogP contribution in [-0.4, -0.2) is 41.1 Å². The highest BCUT2D eigenvalue weighted by atomic mass is 35.5. The number of nitrogens with zero attached hydrogens (tertiary/aromatic N) is 1. The Kier molecular flexibility index (Phi) is 5.06. The van der Waals surface area contributed by atoms with Gasteiger partial charge in [-0.2, -0.15) is 0 Å². The van der Waals surface area contributed by atoms with Crippen molar-refractivity contribution in [3.8, 4) is 0 Å². The molecular formula is C14H14Cl2FNO3. The lowest BCUT2D eigenvalue weighted by Gasteiger charge is -2.39. The van der Waals surface area contributed by atoms with Gasteiger partial charge in [0, 0.05) is 25.4 Å². The van der Waals surface area contributed by atoms with E-state index in [0.29, 0.717) is 16.5 Å². The molecule has 1 unspecified atom stereocenters. The lowest BCUT2D eigenvalue weighted by Crippen LogP contribution is -2.54. The van der Waals surface area contributed by atoms with Crippen LogP contribution >= 0.6 is 23.2 Å². The monoisotopic (exact) mass is 333 g/mol. The molecule has 2 rings (SSSR count). The predicted molar refractivity (Wildman–Crippen MR) is 77.4 cm³/mol. The number of amides is 1. The molecule has 1 aliphatic heterocycles. The van der Waals surface area contributed by atoms with Gasteiger partial charge < -0.3 is 10.0 Å². The molecular weight excluding hydrogens is 320 g/mol. The van der Waals surface area contributed by atoms with Gasteiger partial charge in [-0.1, -0.05) is 29.3 Å². The number of alkyl halides is 1. The number of carboxylic acids is 1. The SMILES string of the molecule is O=C(O)C(F)C1CN(C(=O)CCc2ccc(Cl)c(Cl)c2)C1. The number of carbonyl (C=O) groups is 2. The van der Waals surface area contributed by atoms with E-state index in [1.807, 2.05) is 0 Å². The van der Waals surface area contributed by atoms with Gasteiger partial charge in [0.2, 0.25) is 12.1 Å². The zero-order valence-corrected chi connectivity index (χ0v) is 12.6. The van der Waals surface area contributed by atoms with E-state index in [1.54, 1.807) is 18.2 Å². The van der Waals surface area contributed by atoms with Crippen LogP contribution in [0.3, 0.4) is 0 Å². The number of aryl methyl sites for hydroxylation is 1. The lowest BCUT2D eigenvalue weighted by atomic mass is 9.94. The van der Waals surface area contributed by atoms with Crippen LogP contribution in [0.25, 0.3) is 0 Å². The van der Waals surface area contributed by atoms with Crippen molar-refractivity contribution >= 4 is 35.1 Å². The Morgan fingerprint density at radius 3 is 2.57 bits per heavy atom. The Bertz CT molecular complexity index is 561. The largest absolute Gasteiger partial charge is 0.479 e. The number of likely N-dealkylation sites (tertiary alicyclic amines) is 1. The molecule has 0 radical (unpaired) electrons. The standard InChI is InChI=1S/C14H14Cl2FNO3/c15-10-3-1-8(5-11(10)16)2-4-12(19)18-6-9(7-18)13(17)14(20)21/h1,3,5,9,13H,2,4,6-7H2,(H,20,21). The van der Waals surface area contributed by atoms with Crippen molar-refractivity contribution in [2.45, 2.75) is 19.0 Å². The third-order valence-corrected chi connectivity index (χ3v) is 4.26. The zero-order chi connectivity index (χ0) is 15.6. The molecule has 1 amide bonds. The minimum absolute atomic E-state index is 0.116. The number of hydrogen-bond acceptors (Lipinski definition) is 2. The topological polar surface area (TPSA) is 57.6 Å². The van der Waals surface area contributed by atoms with E-state index >= 15 is 0 Å². The molecule has 0 aliphatic carbocycles. The number of rotatable bonds is 5. The average Bonchev–Trinajstić information content (AvgIpc) is 2.38. The molecule has 1 aromatic carbocycles. The second-order valence-electron chi connectivity index (χ2n) is 5.05. The van der Waals surface area contributed by atoms with E-state index in [4.69, 9.17) is 28.3 Å². The van der Waals surface area contributed by atoms with Crippen LogP contribution in [0, 0.1) is 5.92 Å². The quantitative estimate of drug-likeness (QED) is 0.901. The molecule has 1 N–H and O–H groups in total. The smallest absolute Gasteiger partial charge is 0.338 e. The number of aliphatic carboxylic acids is 1. The highest BCUT2D eigenvalue weighted by Gasteiger charge is 2.39. The molecule has 1 aromatic rings. The molecule has 1 heterocycles. The first-order valence-electron chi connectivity index (χ1n) is 6.47. The van der Waals surface area contributed by atoms with Gasteiger partial charge in [0.25, 0.3) is 0 Å². The Morgan fingerprint density at radius 2 is 2.00 bits per heavy atom. The molecule has 1 fully saturated rings. The first-order valence-corrected chi connectivity index (χ1v) is 7.22. The fourth-order valence-electron chi connectivity index (χ4n) is 2.21. The predicted octanol–water partition coefficient (Wildman–Crippen LogP) is 2.81. The molecule has 1 atom stereocenters. The van der Waals surface area contributed by atoms with Crippen molar-refractivity contribution in [3.05, 3.63) is 33.8 Å². The average molecular weight is 334 g/mol. The summed E-state index contributed by atoms with van der Waals surface area (Å²) < 4.78 is 13.2. The van der Waals surface area contributed by atoms with Crippen LogP contribution < -0.4 is 0 Å². The molecule has 0 saturated carbocycles. The number of halogens is 3. The number of hydrogen-bond donors (Lipinski definition) is 1. The van der Waals surface area contributed by atoms with Crippen molar-refractivity contribution < 1.29 is 19.1 Å². The minimum atomic E-state index is -1.90. The molecule has 1 aliphatic rings. The van der Waals surface area contributed by atoms with Crippen molar-refractivity contribution in [2.75, 3.05) is 13.1 Å². The van der Waals surface area contributed by atoms with E-state index in [2.05, 4.69) is 0 Å². The van der Waals surface area contributed by atoms with E-state index in [9.17, 15) is 14.0 Å². The van der Waals surface area contributed by atoms with Gasteiger partial charge in [0.1, 0.15) is 0 Å². The van der Waals surface area contributed by atoms with Gasteiger partial charge in [-0.05, 0) is 24.1 Å². The summed E-state index contributed by atoms with van der Waals surface area (Å²) in [6, 6.07) is 5.17. The summed E-state index contributed by atoms with van der Waals surface area (Å²) in [4.78, 5) is 23.8. The molecule has 0 aromatic heterocycles. The minimum Gasteiger partial charge on any atom is -0.479 e. The Morgan fingerprint density at radius 1 is 1.33 bits per heavy atom. The second kappa shape index (κ2) is 6.62. The molecule has 114 valence electrons. The van der Waals surface area contributed by atoms with Crippen molar-refractivity contribution in [3.63, 3.8) is 0 Å². The summed E-state index contributed by atoms with van der Waals surface area (Å²) in [6.07, 6.45) is -1.12. The summed E-state index contributed by atoms with van der Waals surface area (Å²) in [7, 11) is 0. The van der Waals surface area contributed by atoms with E-state index < -0.39 is 18.1 Å². The molecule has 4 nitrogen and oxygen atoms in total. The Balaban J connectivity index is 1.79. The maximum Gasteiger partial charge on any atom is 0.338 e. The van der Waals surface area contributed by atoms with Crippen molar-refractivity contribution in [1.82, 2.24) is 4.90 Å². The van der Waals surface area contributed by atoms with Crippen LogP contribution in [0.2, 0.25) is 10.0 Å². The van der Waals surface area contributed by atoms with E-state index in [1.165, 1.54) is 4.90 Å². The third kappa shape index (κ3) is 3.86. The van der Waals surface area contributed by atoms with Crippen LogP contribution in [0.4, 0.5) is 4.39 Å². The van der Waals surface area contributed by atoms with Crippen molar-refractivity contribution in [1.29, 1.82) is 0 Å². The van der Waals surface area contributed by atoms with E-state index in [-0.39, 0.29) is 25.4 Å². The summed E-state index contributed by atoms with van der Waals surface area (Å²) in [5.74, 6) is -2.19. The number of carbonyl (C=O) groups excluding carboxylic acids is 1. The molecule has 21 heavy (non-hydrogen) atoms. The summed E-state index contributed by atoms with van der Waals surface area (Å²) in [6.45, 7) is 0.321.